The van der Waals surface area contributed by atoms with Crippen LogP contribution in [0.4, 0.5) is 0 Å². The van der Waals surface area contributed by atoms with Crippen LogP contribution in [0.1, 0.15) is 18.9 Å². The van der Waals surface area contributed by atoms with E-state index in [4.69, 9.17) is 21.4 Å². The second-order valence-electron chi connectivity index (χ2n) is 3.36. The molecule has 0 aromatic heterocycles. The Morgan fingerprint density at radius 2 is 2.21 bits per heavy atom. The van der Waals surface area contributed by atoms with Crippen molar-refractivity contribution >= 4 is 11.6 Å². The molecule has 0 saturated heterocycles. The summed E-state index contributed by atoms with van der Waals surface area (Å²) < 4.78 is 5.04. The van der Waals surface area contributed by atoms with E-state index in [2.05, 4.69) is 0 Å². The highest BCUT2D eigenvalue weighted by Crippen LogP contribution is 2.25. The van der Waals surface area contributed by atoms with Crippen LogP contribution in [0.2, 0.25) is 5.02 Å². The van der Waals surface area contributed by atoms with Crippen LogP contribution in [0.5, 0.6) is 5.75 Å². The van der Waals surface area contributed by atoms with E-state index in [0.717, 1.165) is 18.4 Å². The fourth-order valence-electron chi connectivity index (χ4n) is 1.24. The zero-order valence-electron chi connectivity index (χ0n) is 8.46. The van der Waals surface area contributed by atoms with Crippen molar-refractivity contribution in [2.75, 3.05) is 7.11 Å². The van der Waals surface area contributed by atoms with Crippen molar-refractivity contribution in [1.29, 1.82) is 0 Å². The van der Waals surface area contributed by atoms with Gasteiger partial charge in [-0.25, -0.2) is 0 Å². The Kier molecular flexibility index (Phi) is 4.23. The number of methoxy groups -OCH3 is 1. The van der Waals surface area contributed by atoms with Crippen LogP contribution in [0.15, 0.2) is 18.2 Å². The summed E-state index contributed by atoms with van der Waals surface area (Å²) >= 11 is 5.96. The minimum atomic E-state index is -0.268. The monoisotopic (exact) mass is 214 g/mol. The number of hydrogen-bond acceptors (Lipinski definition) is 2. The van der Waals surface area contributed by atoms with E-state index >= 15 is 0 Å². The maximum atomic E-state index is 9.13. The average Bonchev–Trinajstić information content (AvgIpc) is 2.15. The van der Waals surface area contributed by atoms with E-state index in [9.17, 15) is 0 Å². The van der Waals surface area contributed by atoms with Crippen LogP contribution in [0.3, 0.4) is 0 Å². The molecule has 0 radical (unpaired) electrons. The van der Waals surface area contributed by atoms with Crippen LogP contribution >= 0.6 is 11.6 Å². The lowest BCUT2D eigenvalue weighted by molar-refractivity contribution is 0.185. The second-order valence-corrected chi connectivity index (χ2v) is 3.76. The van der Waals surface area contributed by atoms with Gasteiger partial charge in [0.2, 0.25) is 0 Å². The molecular formula is C11H15ClO2. The van der Waals surface area contributed by atoms with Gasteiger partial charge in [0.25, 0.3) is 0 Å². The normalized spacial score (nSPS) is 12.6. The summed E-state index contributed by atoms with van der Waals surface area (Å²) in [5, 5.41) is 9.75. The van der Waals surface area contributed by atoms with Gasteiger partial charge < -0.3 is 9.84 Å². The van der Waals surface area contributed by atoms with Gasteiger partial charge >= 0.3 is 0 Å². The molecule has 0 aliphatic carbocycles. The molecule has 1 atom stereocenters. The van der Waals surface area contributed by atoms with Gasteiger partial charge in [-0.2, -0.15) is 0 Å². The average molecular weight is 215 g/mol. The molecule has 0 saturated carbocycles. The first-order valence-electron chi connectivity index (χ1n) is 4.64. The first kappa shape index (κ1) is 11.3. The molecular weight excluding hydrogens is 200 g/mol. The number of halogens is 1. The standard InChI is InChI=1S/C11H15ClO2/c1-8(13)3-4-9-5-6-11(14-2)10(12)7-9/h5-8,13H,3-4H2,1-2H3. The highest BCUT2D eigenvalue weighted by molar-refractivity contribution is 6.32. The molecule has 0 aliphatic rings. The molecule has 1 N–H and O–H groups in total. The summed E-state index contributed by atoms with van der Waals surface area (Å²) in [6, 6.07) is 5.69. The SMILES string of the molecule is COc1ccc(CCC(C)O)cc1Cl. The zero-order valence-corrected chi connectivity index (χ0v) is 9.21. The topological polar surface area (TPSA) is 29.5 Å². The third kappa shape index (κ3) is 3.20. The number of ether oxygens (including phenoxy) is 1. The van der Waals surface area contributed by atoms with Crippen molar-refractivity contribution in [2.45, 2.75) is 25.9 Å². The number of benzene rings is 1. The molecule has 1 unspecified atom stereocenters. The molecule has 0 amide bonds. The highest BCUT2D eigenvalue weighted by Gasteiger charge is 2.03. The van der Waals surface area contributed by atoms with E-state index in [-0.39, 0.29) is 6.10 Å². The third-order valence-electron chi connectivity index (χ3n) is 2.07. The third-order valence-corrected chi connectivity index (χ3v) is 2.36. The van der Waals surface area contributed by atoms with Crippen molar-refractivity contribution in [3.8, 4) is 5.75 Å². The Morgan fingerprint density at radius 3 is 2.71 bits per heavy atom. The van der Waals surface area contributed by atoms with Gasteiger partial charge in [0.15, 0.2) is 0 Å². The van der Waals surface area contributed by atoms with E-state index < -0.39 is 0 Å². The number of rotatable bonds is 4. The van der Waals surface area contributed by atoms with Gasteiger partial charge in [-0.15, -0.1) is 0 Å². The molecule has 78 valence electrons. The summed E-state index contributed by atoms with van der Waals surface area (Å²) in [5.74, 6) is 0.687. The summed E-state index contributed by atoms with van der Waals surface area (Å²) in [6.45, 7) is 1.78. The molecule has 1 aromatic carbocycles. The second kappa shape index (κ2) is 5.23. The van der Waals surface area contributed by atoms with Crippen LogP contribution in [0, 0.1) is 0 Å². The minimum Gasteiger partial charge on any atom is -0.495 e. The van der Waals surface area contributed by atoms with E-state index in [1.54, 1.807) is 14.0 Å². The minimum absolute atomic E-state index is 0.268. The first-order valence-corrected chi connectivity index (χ1v) is 5.01. The molecule has 0 aliphatic heterocycles. The largest absolute Gasteiger partial charge is 0.495 e. The van der Waals surface area contributed by atoms with Crippen molar-refractivity contribution < 1.29 is 9.84 Å². The number of aryl methyl sites for hydroxylation is 1. The number of aliphatic hydroxyl groups is 1. The molecule has 0 bridgehead atoms. The van der Waals surface area contributed by atoms with Crippen LogP contribution in [-0.4, -0.2) is 18.3 Å². The van der Waals surface area contributed by atoms with Crippen molar-refractivity contribution in [3.05, 3.63) is 28.8 Å². The lowest BCUT2D eigenvalue weighted by Gasteiger charge is -2.07. The molecule has 0 heterocycles. The summed E-state index contributed by atoms with van der Waals surface area (Å²) in [7, 11) is 1.59. The molecule has 0 fully saturated rings. The molecule has 14 heavy (non-hydrogen) atoms. The lowest BCUT2D eigenvalue weighted by atomic mass is 10.1. The van der Waals surface area contributed by atoms with Crippen LogP contribution in [-0.2, 0) is 6.42 Å². The van der Waals surface area contributed by atoms with Crippen molar-refractivity contribution in [2.24, 2.45) is 0 Å². The fraction of sp³-hybridized carbons (Fsp3) is 0.455. The predicted octanol–water partition coefficient (Wildman–Crippen LogP) is 2.66. The van der Waals surface area contributed by atoms with Crippen molar-refractivity contribution in [3.63, 3.8) is 0 Å². The van der Waals surface area contributed by atoms with E-state index in [1.807, 2.05) is 18.2 Å². The zero-order chi connectivity index (χ0) is 10.6. The number of hydrogen-bond donors (Lipinski definition) is 1. The van der Waals surface area contributed by atoms with Gasteiger partial charge in [-0.05, 0) is 37.5 Å². The van der Waals surface area contributed by atoms with Gasteiger partial charge in [0.05, 0.1) is 18.2 Å². The van der Waals surface area contributed by atoms with Gasteiger partial charge in [-0.1, -0.05) is 17.7 Å². The molecule has 3 heteroatoms. The summed E-state index contributed by atoms with van der Waals surface area (Å²) in [6.07, 6.45) is 1.32. The predicted molar refractivity (Wildman–Crippen MR) is 58.0 cm³/mol. The van der Waals surface area contributed by atoms with Crippen LogP contribution < -0.4 is 4.74 Å². The highest BCUT2D eigenvalue weighted by atomic mass is 35.5. The number of aliphatic hydroxyl groups excluding tert-OH is 1. The van der Waals surface area contributed by atoms with E-state index in [0.29, 0.717) is 10.8 Å². The van der Waals surface area contributed by atoms with Gasteiger partial charge in [0, 0.05) is 0 Å². The van der Waals surface area contributed by atoms with Gasteiger partial charge in [-0.3, -0.25) is 0 Å². The quantitative estimate of drug-likeness (QED) is 0.835. The Balaban J connectivity index is 2.66. The van der Waals surface area contributed by atoms with Crippen LogP contribution in [0.25, 0.3) is 0 Å². The van der Waals surface area contributed by atoms with Crippen molar-refractivity contribution in [1.82, 2.24) is 0 Å². The molecule has 1 rings (SSSR count). The lowest BCUT2D eigenvalue weighted by Crippen LogP contribution is -2.01. The summed E-state index contributed by atoms with van der Waals surface area (Å²) in [5.41, 5.74) is 1.12. The fourth-order valence-corrected chi connectivity index (χ4v) is 1.52. The Hall–Kier alpha value is -0.730. The molecule has 0 spiro atoms. The van der Waals surface area contributed by atoms with E-state index in [1.165, 1.54) is 0 Å². The molecule has 1 aromatic rings. The smallest absolute Gasteiger partial charge is 0.137 e. The Morgan fingerprint density at radius 1 is 1.50 bits per heavy atom. The maximum absolute atomic E-state index is 9.13. The Labute approximate surface area is 89.5 Å². The first-order chi connectivity index (χ1) is 6.63. The Bertz CT molecular complexity index is 297. The van der Waals surface area contributed by atoms with Gasteiger partial charge in [0.1, 0.15) is 5.75 Å². The summed E-state index contributed by atoms with van der Waals surface area (Å²) in [4.78, 5) is 0. The maximum Gasteiger partial charge on any atom is 0.137 e. The molecule has 2 nitrogen and oxygen atoms in total.